The zero-order valence-electron chi connectivity index (χ0n) is 24.1. The molecule has 4 saturated carbocycles. The maximum atomic E-state index is 16.1. The zero-order chi connectivity index (χ0) is 26.4. The number of halogens is 1. The molecule has 0 spiro atoms. The number of hydrogen-bond acceptors (Lipinski definition) is 2. The van der Waals surface area contributed by atoms with Crippen LogP contribution in [0.3, 0.4) is 0 Å². The monoisotopic (exact) mass is 510 g/mol. The fourth-order valence-corrected chi connectivity index (χ4v) is 10.1. The van der Waals surface area contributed by atoms with Gasteiger partial charge in [0.25, 0.3) is 0 Å². The van der Waals surface area contributed by atoms with Gasteiger partial charge in [-0.25, -0.2) is 9.18 Å². The van der Waals surface area contributed by atoms with Crippen molar-refractivity contribution in [2.75, 3.05) is 0 Å². The molecule has 1 aromatic rings. The highest BCUT2D eigenvalue weighted by atomic mass is 19.1. The normalized spacial score (nSPS) is 42.0. The summed E-state index contributed by atoms with van der Waals surface area (Å²) in [5.74, 6) is 4.00. The molecule has 5 rings (SSSR count). The Morgan fingerprint density at radius 3 is 2.35 bits per heavy atom. The summed E-state index contributed by atoms with van der Waals surface area (Å²) < 4.78 is 22.0. The smallest absolute Gasteiger partial charge is 0.338 e. The van der Waals surface area contributed by atoms with Gasteiger partial charge >= 0.3 is 5.97 Å². The lowest BCUT2D eigenvalue weighted by Gasteiger charge is -2.62. The van der Waals surface area contributed by atoms with E-state index in [4.69, 9.17) is 4.74 Å². The summed E-state index contributed by atoms with van der Waals surface area (Å²) >= 11 is 0. The van der Waals surface area contributed by atoms with E-state index in [9.17, 15) is 4.79 Å². The Hall–Kier alpha value is -1.38. The fraction of sp³-hybridized carbons (Fsp3) is 0.794. The largest absolute Gasteiger partial charge is 0.459 e. The third-order valence-electron chi connectivity index (χ3n) is 12.1. The fourth-order valence-electron chi connectivity index (χ4n) is 10.1. The number of rotatable bonds is 7. The van der Waals surface area contributed by atoms with Crippen LogP contribution in [0.25, 0.3) is 0 Å². The van der Waals surface area contributed by atoms with Gasteiger partial charge in [-0.15, -0.1) is 0 Å². The zero-order valence-corrected chi connectivity index (χ0v) is 24.1. The van der Waals surface area contributed by atoms with E-state index in [0.717, 1.165) is 37.0 Å². The molecule has 0 bridgehead atoms. The first-order chi connectivity index (χ1) is 17.6. The summed E-state index contributed by atoms with van der Waals surface area (Å²) in [4.78, 5) is 12.7. The van der Waals surface area contributed by atoms with Crippen LogP contribution in [0.2, 0.25) is 0 Å². The van der Waals surface area contributed by atoms with Crippen molar-refractivity contribution in [2.45, 2.75) is 118 Å². The molecule has 2 nitrogen and oxygen atoms in total. The maximum absolute atomic E-state index is 16.1. The first-order valence-electron chi connectivity index (χ1n) is 15.5. The SMILES string of the molecule is CC(C)CCC[C@@H](C)[C@H]1CC[C@H]2[C@@H]3C[C@H](F)[C@H]4C[C@@H](OC(=O)c5ccccc5)CC[C@]4(C)[C@H]3CC[C@]12C. The molecule has 4 aliphatic rings. The van der Waals surface area contributed by atoms with E-state index in [1.54, 1.807) is 12.1 Å². The third kappa shape index (κ3) is 5.03. The van der Waals surface area contributed by atoms with Crippen molar-refractivity contribution in [1.29, 1.82) is 0 Å². The van der Waals surface area contributed by atoms with Crippen LogP contribution in [0.4, 0.5) is 4.39 Å². The van der Waals surface area contributed by atoms with Crippen LogP contribution in [0, 0.1) is 52.3 Å². The van der Waals surface area contributed by atoms with Gasteiger partial charge in [-0.3, -0.25) is 0 Å². The Labute approximate surface area is 225 Å². The Bertz CT molecular complexity index is 929. The van der Waals surface area contributed by atoms with Gasteiger partial charge in [-0.1, -0.05) is 72.1 Å². The Morgan fingerprint density at radius 2 is 1.62 bits per heavy atom. The van der Waals surface area contributed by atoms with Crippen molar-refractivity contribution in [3.63, 3.8) is 0 Å². The molecular formula is C34H51FO2. The molecule has 3 heteroatoms. The van der Waals surface area contributed by atoms with Gasteiger partial charge in [0.05, 0.1) is 5.56 Å². The molecule has 0 saturated heterocycles. The molecule has 206 valence electrons. The number of benzene rings is 1. The lowest BCUT2D eigenvalue weighted by atomic mass is 9.44. The summed E-state index contributed by atoms with van der Waals surface area (Å²) in [6.07, 6.45) is 11.7. The van der Waals surface area contributed by atoms with Gasteiger partial charge in [0, 0.05) is 0 Å². The van der Waals surface area contributed by atoms with E-state index < -0.39 is 6.17 Å². The summed E-state index contributed by atoms with van der Waals surface area (Å²) in [6.45, 7) is 12.2. The molecule has 0 heterocycles. The molecule has 0 unspecified atom stereocenters. The molecule has 1 aromatic carbocycles. The van der Waals surface area contributed by atoms with Gasteiger partial charge in [-0.2, -0.15) is 0 Å². The molecule has 0 amide bonds. The van der Waals surface area contributed by atoms with Gasteiger partial charge in [0.2, 0.25) is 0 Å². The van der Waals surface area contributed by atoms with Crippen molar-refractivity contribution in [3.8, 4) is 0 Å². The van der Waals surface area contributed by atoms with Crippen LogP contribution in [-0.2, 0) is 4.74 Å². The number of esters is 1. The molecule has 0 aromatic heterocycles. The van der Waals surface area contributed by atoms with Crippen molar-refractivity contribution in [3.05, 3.63) is 35.9 Å². The number of carbonyl (C=O) groups is 1. The first-order valence-corrected chi connectivity index (χ1v) is 15.5. The summed E-state index contributed by atoms with van der Waals surface area (Å²) in [6, 6.07) is 9.24. The lowest BCUT2D eigenvalue weighted by Crippen LogP contribution is -2.57. The summed E-state index contributed by atoms with van der Waals surface area (Å²) in [5, 5.41) is 0. The summed E-state index contributed by atoms with van der Waals surface area (Å²) in [7, 11) is 0. The maximum Gasteiger partial charge on any atom is 0.338 e. The van der Waals surface area contributed by atoms with E-state index in [-0.39, 0.29) is 23.4 Å². The Morgan fingerprint density at radius 1 is 0.919 bits per heavy atom. The highest BCUT2D eigenvalue weighted by Crippen LogP contribution is 2.68. The molecule has 4 aliphatic carbocycles. The second-order valence-electron chi connectivity index (χ2n) is 14.4. The van der Waals surface area contributed by atoms with Crippen LogP contribution in [0.5, 0.6) is 0 Å². The Balaban J connectivity index is 1.26. The van der Waals surface area contributed by atoms with E-state index >= 15 is 4.39 Å². The molecule has 0 radical (unpaired) electrons. The second-order valence-corrected chi connectivity index (χ2v) is 14.4. The molecule has 0 aliphatic heterocycles. The minimum absolute atomic E-state index is 0.0209. The van der Waals surface area contributed by atoms with E-state index in [1.165, 1.54) is 44.9 Å². The van der Waals surface area contributed by atoms with Crippen LogP contribution in [0.1, 0.15) is 116 Å². The third-order valence-corrected chi connectivity index (χ3v) is 12.1. The van der Waals surface area contributed by atoms with Gasteiger partial charge < -0.3 is 4.74 Å². The standard InChI is InChI=1S/C34H51FO2/c1-22(2)10-9-11-23(3)27-14-15-28-26-21-31(35)30-20-25(37-32(36)24-12-7-6-8-13-24)16-18-34(30,5)29(26)17-19-33(27,28)4/h6-8,12-13,22-23,25-31H,9-11,14-21H2,1-5H3/t23-,25+,26+,27-,28+,29+,30-,31+,33-,34-/m1/s1. The minimum Gasteiger partial charge on any atom is -0.459 e. The number of hydrogen-bond donors (Lipinski definition) is 0. The number of carbonyl (C=O) groups excluding carboxylic acids is 1. The minimum atomic E-state index is -0.769. The van der Waals surface area contributed by atoms with Crippen LogP contribution in [-0.4, -0.2) is 18.2 Å². The van der Waals surface area contributed by atoms with Crippen molar-refractivity contribution < 1.29 is 13.9 Å². The van der Waals surface area contributed by atoms with Gasteiger partial charge in [-0.05, 0) is 116 Å². The topological polar surface area (TPSA) is 26.3 Å². The average molecular weight is 511 g/mol. The molecule has 0 N–H and O–H groups in total. The van der Waals surface area contributed by atoms with Crippen molar-refractivity contribution in [2.24, 2.45) is 52.3 Å². The average Bonchev–Trinajstić information content (AvgIpc) is 3.22. The van der Waals surface area contributed by atoms with Crippen molar-refractivity contribution >= 4 is 5.97 Å². The van der Waals surface area contributed by atoms with Crippen LogP contribution < -0.4 is 0 Å². The van der Waals surface area contributed by atoms with Crippen LogP contribution >= 0.6 is 0 Å². The van der Waals surface area contributed by atoms with Gasteiger partial charge in [0.1, 0.15) is 12.3 Å². The quantitative estimate of drug-likeness (QED) is 0.342. The molecule has 37 heavy (non-hydrogen) atoms. The predicted molar refractivity (Wildman–Crippen MR) is 149 cm³/mol. The second kappa shape index (κ2) is 10.6. The van der Waals surface area contributed by atoms with E-state index in [2.05, 4.69) is 34.6 Å². The molecule has 10 atom stereocenters. The van der Waals surface area contributed by atoms with E-state index in [1.807, 2.05) is 18.2 Å². The Kier molecular flexibility index (Phi) is 7.83. The van der Waals surface area contributed by atoms with Crippen molar-refractivity contribution in [1.82, 2.24) is 0 Å². The van der Waals surface area contributed by atoms with E-state index in [0.29, 0.717) is 35.2 Å². The number of fused-ring (bicyclic) bond motifs is 5. The molecule has 4 fully saturated rings. The number of alkyl halides is 1. The highest BCUT2D eigenvalue weighted by Gasteiger charge is 2.63. The lowest BCUT2D eigenvalue weighted by molar-refractivity contribution is -0.156. The highest BCUT2D eigenvalue weighted by molar-refractivity contribution is 5.89. The van der Waals surface area contributed by atoms with Gasteiger partial charge in [0.15, 0.2) is 0 Å². The first kappa shape index (κ1) is 27.2. The molecular weight excluding hydrogens is 459 g/mol. The van der Waals surface area contributed by atoms with Crippen LogP contribution in [0.15, 0.2) is 30.3 Å². The number of ether oxygens (including phenoxy) is 1. The summed E-state index contributed by atoms with van der Waals surface area (Å²) in [5.41, 5.74) is 1.03. The predicted octanol–water partition coefficient (Wildman–Crippen LogP) is 9.28.